The molecule has 0 saturated carbocycles. The summed E-state index contributed by atoms with van der Waals surface area (Å²) >= 11 is 2.62. The van der Waals surface area contributed by atoms with E-state index >= 15 is 0 Å². The van der Waals surface area contributed by atoms with Gasteiger partial charge in [-0.25, -0.2) is 4.98 Å². The fraction of sp³-hybridized carbons (Fsp3) is 0.286. The van der Waals surface area contributed by atoms with E-state index in [2.05, 4.69) is 20.4 Å². The van der Waals surface area contributed by atoms with Crippen LogP contribution in [0.1, 0.15) is 19.1 Å². The van der Waals surface area contributed by atoms with Gasteiger partial charge in [-0.2, -0.15) is 0 Å². The van der Waals surface area contributed by atoms with Crippen molar-refractivity contribution >= 4 is 45.0 Å². The lowest BCUT2D eigenvalue weighted by molar-refractivity contribution is -0.115. The Morgan fingerprint density at radius 2 is 2.39 bits per heavy atom. The summed E-state index contributed by atoms with van der Waals surface area (Å²) in [5, 5.41) is 8.86. The zero-order chi connectivity index (χ0) is 16.4. The molecule has 3 rings (SSSR count). The highest BCUT2D eigenvalue weighted by atomic mass is 32.2. The molecule has 3 aromatic rings. The van der Waals surface area contributed by atoms with Crippen LogP contribution in [0.25, 0.3) is 10.2 Å². The minimum absolute atomic E-state index is 0.193. The van der Waals surface area contributed by atoms with Crippen molar-refractivity contribution in [2.45, 2.75) is 30.7 Å². The quantitative estimate of drug-likeness (QED) is 0.542. The third kappa shape index (κ3) is 3.45. The Balaban J connectivity index is 1.77. The molecule has 9 heteroatoms. The number of aromatic nitrogens is 3. The average molecular weight is 350 g/mol. The van der Waals surface area contributed by atoms with Crippen molar-refractivity contribution in [2.24, 2.45) is 0 Å². The van der Waals surface area contributed by atoms with Crippen LogP contribution in [0.3, 0.4) is 0 Å². The number of aromatic amines is 1. The molecule has 120 valence electrons. The lowest BCUT2D eigenvalue weighted by atomic mass is 10.3. The fourth-order valence-electron chi connectivity index (χ4n) is 1.99. The Hall–Kier alpha value is -2.13. The van der Waals surface area contributed by atoms with Gasteiger partial charge in [0.25, 0.3) is 5.56 Å². The number of rotatable bonds is 5. The summed E-state index contributed by atoms with van der Waals surface area (Å²) in [5.41, 5.74) is -0.193. The van der Waals surface area contributed by atoms with Crippen LogP contribution in [-0.2, 0) is 4.79 Å². The van der Waals surface area contributed by atoms with Gasteiger partial charge in [-0.1, -0.05) is 23.8 Å². The van der Waals surface area contributed by atoms with Gasteiger partial charge in [0, 0.05) is 6.07 Å². The summed E-state index contributed by atoms with van der Waals surface area (Å²) in [6.45, 7) is 3.65. The maximum absolute atomic E-state index is 12.3. The van der Waals surface area contributed by atoms with Crippen LogP contribution >= 0.6 is 23.1 Å². The van der Waals surface area contributed by atoms with Gasteiger partial charge in [0.05, 0.1) is 10.6 Å². The highest BCUT2D eigenvalue weighted by molar-refractivity contribution is 8.00. The molecule has 0 bridgehead atoms. The first-order valence-electron chi connectivity index (χ1n) is 6.95. The Morgan fingerprint density at radius 1 is 1.57 bits per heavy atom. The number of aryl methyl sites for hydroxylation is 1. The number of hydrogen-bond donors (Lipinski definition) is 2. The van der Waals surface area contributed by atoms with E-state index in [1.807, 2.05) is 12.3 Å². The number of carbonyl (C=O) groups excluding carboxylic acids is 1. The van der Waals surface area contributed by atoms with Gasteiger partial charge in [-0.05, 0) is 24.8 Å². The number of thiophene rings is 1. The zero-order valence-electron chi connectivity index (χ0n) is 12.5. The molecule has 0 aromatic carbocycles. The number of amides is 1. The number of fused-ring (bicyclic) bond motifs is 1. The van der Waals surface area contributed by atoms with Gasteiger partial charge < -0.3 is 14.8 Å². The fourth-order valence-corrected chi connectivity index (χ4v) is 3.71. The standard InChI is InChI=1S/C14H14N4O3S2/c1-3-9(12(20)15-10-6-7(2)21-18-10)23-14-16-11(19)8-4-5-22-13(8)17-14/h4-6,9H,3H2,1-2H3,(H,15,18,20)(H,16,17,19)/t9-/m1/s1. The van der Waals surface area contributed by atoms with Crippen molar-refractivity contribution in [2.75, 3.05) is 5.32 Å². The maximum Gasteiger partial charge on any atom is 0.260 e. The molecule has 0 unspecified atom stereocenters. The van der Waals surface area contributed by atoms with Crippen molar-refractivity contribution in [3.05, 3.63) is 33.6 Å². The van der Waals surface area contributed by atoms with Gasteiger partial charge in [0.1, 0.15) is 10.6 Å². The van der Waals surface area contributed by atoms with E-state index in [1.165, 1.54) is 23.1 Å². The molecule has 3 heterocycles. The maximum atomic E-state index is 12.3. The largest absolute Gasteiger partial charge is 0.360 e. The van der Waals surface area contributed by atoms with Gasteiger partial charge in [0.2, 0.25) is 5.91 Å². The number of carbonyl (C=O) groups is 1. The normalized spacial score (nSPS) is 12.4. The summed E-state index contributed by atoms with van der Waals surface area (Å²) in [6.07, 6.45) is 0.583. The van der Waals surface area contributed by atoms with Crippen LogP contribution in [0.4, 0.5) is 5.82 Å². The van der Waals surface area contributed by atoms with Gasteiger partial charge in [0.15, 0.2) is 11.0 Å². The topological polar surface area (TPSA) is 101 Å². The summed E-state index contributed by atoms with van der Waals surface area (Å²) < 4.78 is 4.92. The third-order valence-corrected chi connectivity index (χ3v) is 5.16. The van der Waals surface area contributed by atoms with Crippen LogP contribution in [0.5, 0.6) is 0 Å². The number of anilines is 1. The molecule has 0 spiro atoms. The van der Waals surface area contributed by atoms with Crippen molar-refractivity contribution in [1.29, 1.82) is 0 Å². The lowest BCUT2D eigenvalue weighted by Crippen LogP contribution is -2.25. The van der Waals surface area contributed by atoms with Crippen molar-refractivity contribution in [3.8, 4) is 0 Å². The molecule has 1 atom stereocenters. The lowest BCUT2D eigenvalue weighted by Gasteiger charge is -2.12. The van der Waals surface area contributed by atoms with Gasteiger partial charge in [-0.15, -0.1) is 11.3 Å². The van der Waals surface area contributed by atoms with E-state index in [4.69, 9.17) is 4.52 Å². The average Bonchev–Trinajstić information content (AvgIpc) is 3.13. The Kier molecular flexibility index (Phi) is 4.49. The molecule has 23 heavy (non-hydrogen) atoms. The molecule has 0 aliphatic carbocycles. The Morgan fingerprint density at radius 3 is 3.09 bits per heavy atom. The van der Waals surface area contributed by atoms with Crippen LogP contribution in [0, 0.1) is 6.92 Å². The molecule has 1 amide bonds. The summed E-state index contributed by atoms with van der Waals surface area (Å²) in [6, 6.07) is 3.38. The van der Waals surface area contributed by atoms with Crippen molar-refractivity contribution in [3.63, 3.8) is 0 Å². The molecule has 0 radical (unpaired) electrons. The minimum atomic E-state index is -0.396. The van der Waals surface area contributed by atoms with E-state index in [-0.39, 0.29) is 11.5 Å². The van der Waals surface area contributed by atoms with Gasteiger partial charge in [-0.3, -0.25) is 9.59 Å². The Labute approximate surface area is 139 Å². The Bertz CT molecular complexity index is 899. The number of nitrogens with zero attached hydrogens (tertiary/aromatic N) is 2. The summed E-state index contributed by atoms with van der Waals surface area (Å²) in [5.74, 6) is 0.789. The third-order valence-electron chi connectivity index (χ3n) is 3.11. The predicted octanol–water partition coefficient (Wildman–Crippen LogP) is 2.79. The molecule has 0 aliphatic rings. The van der Waals surface area contributed by atoms with Crippen molar-refractivity contribution in [1.82, 2.24) is 15.1 Å². The molecule has 2 N–H and O–H groups in total. The van der Waals surface area contributed by atoms with Crippen LogP contribution < -0.4 is 10.9 Å². The van der Waals surface area contributed by atoms with Crippen molar-refractivity contribution < 1.29 is 9.32 Å². The first-order valence-corrected chi connectivity index (χ1v) is 8.71. The van der Waals surface area contributed by atoms with Crippen LogP contribution in [0.15, 0.2) is 32.0 Å². The minimum Gasteiger partial charge on any atom is -0.360 e. The molecular formula is C14H14N4O3S2. The molecule has 0 fully saturated rings. The molecule has 3 aromatic heterocycles. The van der Waals surface area contributed by atoms with E-state index < -0.39 is 5.25 Å². The second-order valence-corrected chi connectivity index (χ2v) is 6.92. The molecule has 0 saturated heterocycles. The second kappa shape index (κ2) is 6.55. The van der Waals surface area contributed by atoms with E-state index in [9.17, 15) is 9.59 Å². The van der Waals surface area contributed by atoms with Crippen LogP contribution in [0.2, 0.25) is 0 Å². The number of nitrogens with one attached hydrogen (secondary N) is 2. The SMILES string of the molecule is CC[C@@H](Sc1nc2sccc2c(=O)[nH]1)C(=O)Nc1cc(C)on1. The molecular weight excluding hydrogens is 336 g/mol. The first-order chi connectivity index (χ1) is 11.1. The number of H-pyrrole nitrogens is 1. The van der Waals surface area contributed by atoms with Crippen LogP contribution in [-0.4, -0.2) is 26.3 Å². The number of thioether (sulfide) groups is 1. The van der Waals surface area contributed by atoms with E-state index in [0.29, 0.717) is 33.4 Å². The number of hydrogen-bond acceptors (Lipinski definition) is 7. The summed E-state index contributed by atoms with van der Waals surface area (Å²) in [7, 11) is 0. The molecule has 0 aliphatic heterocycles. The van der Waals surface area contributed by atoms with E-state index in [1.54, 1.807) is 19.1 Å². The second-order valence-electron chi connectivity index (χ2n) is 4.84. The first kappa shape index (κ1) is 15.8. The molecule has 7 nitrogen and oxygen atoms in total. The van der Waals surface area contributed by atoms with Gasteiger partial charge >= 0.3 is 0 Å². The zero-order valence-corrected chi connectivity index (χ0v) is 14.1. The highest BCUT2D eigenvalue weighted by Crippen LogP contribution is 2.25. The highest BCUT2D eigenvalue weighted by Gasteiger charge is 2.21. The smallest absolute Gasteiger partial charge is 0.260 e. The predicted molar refractivity (Wildman–Crippen MR) is 90.0 cm³/mol. The van der Waals surface area contributed by atoms with E-state index in [0.717, 1.165) is 0 Å². The summed E-state index contributed by atoms with van der Waals surface area (Å²) in [4.78, 5) is 32.1. The monoisotopic (exact) mass is 350 g/mol.